The van der Waals surface area contributed by atoms with Gasteiger partial charge in [-0.15, -0.1) is 0 Å². The van der Waals surface area contributed by atoms with E-state index in [-0.39, 0.29) is 0 Å². The number of imide groups is 1. The summed E-state index contributed by atoms with van der Waals surface area (Å²) in [5.74, 6) is -1.96. The minimum atomic E-state index is -1.54. The molecule has 11 heavy (non-hydrogen) atoms. The molecule has 0 atom stereocenters. The van der Waals surface area contributed by atoms with E-state index in [2.05, 4.69) is 0 Å². The Labute approximate surface area is 61.4 Å². The Morgan fingerprint density at radius 2 is 2.00 bits per heavy atom. The number of ketones is 1. The first-order chi connectivity index (χ1) is 5.06. The number of rotatable bonds is 2. The Morgan fingerprint density at radius 3 is 2.36 bits per heavy atom. The van der Waals surface area contributed by atoms with E-state index in [0.29, 0.717) is 0 Å². The van der Waals surface area contributed by atoms with Crippen LogP contribution in [0.5, 0.6) is 0 Å². The minimum absolute atomic E-state index is 0.719. The van der Waals surface area contributed by atoms with E-state index < -0.39 is 24.2 Å². The monoisotopic (exact) mass is 156 g/mol. The minimum Gasteiger partial charge on any atom is -0.465 e. The summed E-state index contributed by atoms with van der Waals surface area (Å²) in [6.07, 6.45) is -2.26. The van der Waals surface area contributed by atoms with Crippen molar-refractivity contribution in [1.82, 2.24) is 5.32 Å². The van der Waals surface area contributed by atoms with Crippen LogP contribution in [-0.2, 0) is 9.59 Å². The molecule has 58 valence electrons. The van der Waals surface area contributed by atoms with Gasteiger partial charge in [0.25, 0.3) is 0 Å². The van der Waals surface area contributed by atoms with Crippen LogP contribution in [0.3, 0.4) is 0 Å². The van der Waals surface area contributed by atoms with E-state index in [1.165, 1.54) is 11.4 Å². The van der Waals surface area contributed by atoms with Gasteiger partial charge in [-0.25, -0.2) is 4.79 Å². The zero-order chi connectivity index (χ0) is 8.85. The molecule has 2 N–H and O–H groups in total. The number of nitrogens with zero attached hydrogens (tertiary/aromatic N) is 1. The predicted molar refractivity (Wildman–Crippen MR) is 31.4 cm³/mol. The first kappa shape index (κ1) is 9.10. The van der Waals surface area contributed by atoms with Crippen molar-refractivity contribution in [3.8, 4) is 6.07 Å². The van der Waals surface area contributed by atoms with Crippen molar-refractivity contribution in [3.63, 3.8) is 0 Å². The molecule has 0 aliphatic rings. The van der Waals surface area contributed by atoms with Crippen LogP contribution in [0.15, 0.2) is 0 Å². The van der Waals surface area contributed by atoms with Crippen molar-refractivity contribution in [2.75, 3.05) is 0 Å². The fourth-order valence-electron chi connectivity index (χ4n) is 0.349. The van der Waals surface area contributed by atoms with Gasteiger partial charge in [0, 0.05) is 0 Å². The molecule has 0 bridgehead atoms. The molecule has 0 aromatic rings. The highest BCUT2D eigenvalue weighted by Gasteiger charge is 2.10. The number of hydrogen-bond donors (Lipinski definition) is 2. The van der Waals surface area contributed by atoms with Gasteiger partial charge in [-0.3, -0.25) is 14.9 Å². The molecule has 0 rings (SSSR count). The molecule has 2 amide bonds. The second-order valence-electron chi connectivity index (χ2n) is 1.57. The maximum atomic E-state index is 10.4. The molecule has 0 unspecified atom stereocenters. The number of carbonyl (C=O) groups is 3. The standard InChI is InChI=1S/C5H4N2O4/c6-2-3(8)1-4(9)7-5(10)11/h1H2,(H,7,9)(H,10,11). The van der Waals surface area contributed by atoms with Crippen molar-refractivity contribution in [2.24, 2.45) is 0 Å². The van der Waals surface area contributed by atoms with Crippen LogP contribution in [0.25, 0.3) is 0 Å². The van der Waals surface area contributed by atoms with Crippen LogP contribution in [0.4, 0.5) is 4.79 Å². The van der Waals surface area contributed by atoms with E-state index in [1.807, 2.05) is 0 Å². The average molecular weight is 156 g/mol. The highest BCUT2D eigenvalue weighted by atomic mass is 16.4. The summed E-state index contributed by atoms with van der Waals surface area (Å²) in [5.41, 5.74) is 0. The number of carboxylic acid groups (broad SMARTS) is 1. The third-order valence-corrected chi connectivity index (χ3v) is 0.692. The first-order valence-electron chi connectivity index (χ1n) is 2.52. The molecule has 0 aliphatic heterocycles. The zero-order valence-electron chi connectivity index (χ0n) is 5.33. The van der Waals surface area contributed by atoms with Gasteiger partial charge < -0.3 is 5.11 Å². The summed E-state index contributed by atoms with van der Waals surface area (Å²) in [6, 6.07) is 1.18. The maximum Gasteiger partial charge on any atom is 0.411 e. The fraction of sp³-hybridized carbons (Fsp3) is 0.200. The molecule has 0 fully saturated rings. The topological polar surface area (TPSA) is 107 Å². The summed E-state index contributed by atoms with van der Waals surface area (Å²) in [5, 5.41) is 17.2. The summed E-state index contributed by atoms with van der Waals surface area (Å²) < 4.78 is 0. The summed E-state index contributed by atoms with van der Waals surface area (Å²) >= 11 is 0. The highest BCUT2D eigenvalue weighted by Crippen LogP contribution is 1.80. The van der Waals surface area contributed by atoms with Gasteiger partial charge in [-0.2, -0.15) is 5.26 Å². The smallest absolute Gasteiger partial charge is 0.411 e. The molecule has 0 aliphatic carbocycles. The van der Waals surface area contributed by atoms with E-state index >= 15 is 0 Å². The SMILES string of the molecule is N#CC(=O)CC(=O)NC(=O)O. The van der Waals surface area contributed by atoms with Crippen molar-refractivity contribution in [1.29, 1.82) is 5.26 Å². The number of Topliss-reactive ketones (excluding diaryl/α,β-unsaturated/α-hetero) is 1. The highest BCUT2D eigenvalue weighted by molar-refractivity contribution is 6.08. The number of carbonyl (C=O) groups excluding carboxylic acids is 2. The van der Waals surface area contributed by atoms with Crippen LogP contribution in [0.1, 0.15) is 6.42 Å². The van der Waals surface area contributed by atoms with Crippen LogP contribution in [-0.4, -0.2) is 22.9 Å². The summed E-state index contributed by atoms with van der Waals surface area (Å²) in [4.78, 5) is 30.3. The van der Waals surface area contributed by atoms with E-state index in [1.54, 1.807) is 0 Å². The lowest BCUT2D eigenvalue weighted by molar-refractivity contribution is -0.125. The van der Waals surface area contributed by atoms with E-state index in [4.69, 9.17) is 10.4 Å². The largest absolute Gasteiger partial charge is 0.465 e. The molecule has 0 aromatic heterocycles. The lowest BCUT2D eigenvalue weighted by atomic mass is 10.3. The van der Waals surface area contributed by atoms with Crippen molar-refractivity contribution >= 4 is 17.8 Å². The number of nitriles is 1. The van der Waals surface area contributed by atoms with Crippen LogP contribution < -0.4 is 5.32 Å². The van der Waals surface area contributed by atoms with Crippen LogP contribution in [0, 0.1) is 11.3 Å². The van der Waals surface area contributed by atoms with Crippen molar-refractivity contribution in [3.05, 3.63) is 0 Å². The molecule has 0 spiro atoms. The lowest BCUT2D eigenvalue weighted by Crippen LogP contribution is -2.30. The molecular formula is C5H4N2O4. The predicted octanol–water partition coefficient (Wildman–Crippen LogP) is -0.737. The van der Waals surface area contributed by atoms with Gasteiger partial charge in [-0.1, -0.05) is 0 Å². The second kappa shape index (κ2) is 4.00. The molecule has 6 heteroatoms. The second-order valence-corrected chi connectivity index (χ2v) is 1.57. The third kappa shape index (κ3) is 4.59. The normalized spacial score (nSPS) is 7.91. The van der Waals surface area contributed by atoms with Gasteiger partial charge in [0.15, 0.2) is 0 Å². The van der Waals surface area contributed by atoms with Gasteiger partial charge >= 0.3 is 6.09 Å². The molecule has 0 heterocycles. The molecule has 0 saturated heterocycles. The van der Waals surface area contributed by atoms with Crippen LogP contribution >= 0.6 is 0 Å². The summed E-state index contributed by atoms with van der Waals surface area (Å²) in [6.45, 7) is 0. The molecule has 0 saturated carbocycles. The Bertz CT molecular complexity index is 239. The summed E-state index contributed by atoms with van der Waals surface area (Å²) in [7, 11) is 0. The Balaban J connectivity index is 3.82. The number of amides is 2. The van der Waals surface area contributed by atoms with Gasteiger partial charge in [0.05, 0.1) is 0 Å². The zero-order valence-corrected chi connectivity index (χ0v) is 5.33. The number of nitrogens with one attached hydrogen (secondary N) is 1. The fourth-order valence-corrected chi connectivity index (χ4v) is 0.349. The third-order valence-electron chi connectivity index (χ3n) is 0.692. The van der Waals surface area contributed by atoms with Crippen molar-refractivity contribution in [2.45, 2.75) is 6.42 Å². The van der Waals surface area contributed by atoms with Gasteiger partial charge in [0.2, 0.25) is 11.7 Å². The van der Waals surface area contributed by atoms with E-state index in [0.717, 1.165) is 0 Å². The van der Waals surface area contributed by atoms with Gasteiger partial charge in [-0.05, 0) is 0 Å². The molecule has 6 nitrogen and oxygen atoms in total. The molecular weight excluding hydrogens is 152 g/mol. The molecule has 0 aromatic carbocycles. The first-order valence-corrected chi connectivity index (χ1v) is 2.52. The average Bonchev–Trinajstić information content (AvgIpc) is 1.85. The van der Waals surface area contributed by atoms with Gasteiger partial charge in [0.1, 0.15) is 12.5 Å². The van der Waals surface area contributed by atoms with E-state index in [9.17, 15) is 14.4 Å². The quantitative estimate of drug-likeness (QED) is 0.404. The Morgan fingerprint density at radius 1 is 1.45 bits per heavy atom. The maximum absolute atomic E-state index is 10.4. The number of hydrogen-bond acceptors (Lipinski definition) is 4. The molecule has 0 radical (unpaired) electrons. The Kier molecular flexibility index (Phi) is 3.31. The Hall–Kier alpha value is -1.90. The van der Waals surface area contributed by atoms with Crippen molar-refractivity contribution < 1.29 is 19.5 Å². The lowest BCUT2D eigenvalue weighted by Gasteiger charge is -1.92. The van der Waals surface area contributed by atoms with Crippen LogP contribution in [0.2, 0.25) is 0 Å².